The van der Waals surface area contributed by atoms with E-state index in [4.69, 9.17) is 10.5 Å². The predicted octanol–water partition coefficient (Wildman–Crippen LogP) is 1.32. The van der Waals surface area contributed by atoms with Gasteiger partial charge in [0.25, 0.3) is 0 Å². The second-order valence-electron chi connectivity index (χ2n) is 8.62. The van der Waals surface area contributed by atoms with Gasteiger partial charge in [0.05, 0.1) is 6.10 Å². The standard InChI is InChI=1S/C18H33N3O2/c1-13(2)12-20-7-9-21(10-8-20)16(22)18(19)14-6-5-11-23-15(14)17(18,3)4/h13-15H,5-12,19H2,1-4H3. The van der Waals surface area contributed by atoms with Gasteiger partial charge in [-0.2, -0.15) is 0 Å². The van der Waals surface area contributed by atoms with Crippen molar-refractivity contribution in [1.82, 2.24) is 9.80 Å². The highest BCUT2D eigenvalue weighted by atomic mass is 16.5. The topological polar surface area (TPSA) is 58.8 Å². The van der Waals surface area contributed by atoms with E-state index in [-0.39, 0.29) is 23.3 Å². The quantitative estimate of drug-likeness (QED) is 0.851. The molecule has 0 bridgehead atoms. The molecule has 0 aromatic carbocycles. The maximum atomic E-state index is 13.2. The van der Waals surface area contributed by atoms with Gasteiger partial charge in [0, 0.05) is 50.7 Å². The van der Waals surface area contributed by atoms with Crippen molar-refractivity contribution in [2.24, 2.45) is 23.0 Å². The SMILES string of the molecule is CC(C)CN1CCN(C(=O)C2(N)C3CCCOC3C2(C)C)CC1. The minimum Gasteiger partial charge on any atom is -0.377 e. The van der Waals surface area contributed by atoms with E-state index in [2.05, 4.69) is 32.6 Å². The third-order valence-electron chi connectivity index (χ3n) is 6.32. The lowest BCUT2D eigenvalue weighted by molar-refractivity contribution is -0.230. The number of fused-ring (bicyclic) bond motifs is 1. The molecule has 3 aliphatic rings. The van der Waals surface area contributed by atoms with Crippen LogP contribution in [-0.4, -0.2) is 66.7 Å². The lowest BCUT2D eigenvalue weighted by atomic mass is 9.46. The van der Waals surface area contributed by atoms with Crippen molar-refractivity contribution in [3.05, 3.63) is 0 Å². The molecule has 23 heavy (non-hydrogen) atoms. The number of hydrogen-bond donors (Lipinski definition) is 1. The van der Waals surface area contributed by atoms with Gasteiger partial charge >= 0.3 is 0 Å². The predicted molar refractivity (Wildman–Crippen MR) is 91.0 cm³/mol. The van der Waals surface area contributed by atoms with E-state index in [9.17, 15) is 4.79 Å². The summed E-state index contributed by atoms with van der Waals surface area (Å²) in [5.74, 6) is 1.01. The Hall–Kier alpha value is -0.650. The first kappa shape index (κ1) is 17.2. The molecule has 3 fully saturated rings. The Bertz CT molecular complexity index is 457. The maximum Gasteiger partial charge on any atom is 0.243 e. The number of piperazine rings is 1. The van der Waals surface area contributed by atoms with Crippen molar-refractivity contribution in [2.45, 2.75) is 52.2 Å². The van der Waals surface area contributed by atoms with Crippen LogP contribution in [0.3, 0.4) is 0 Å². The monoisotopic (exact) mass is 323 g/mol. The molecule has 1 amide bonds. The molecule has 0 radical (unpaired) electrons. The van der Waals surface area contributed by atoms with Crippen LogP contribution in [0.1, 0.15) is 40.5 Å². The summed E-state index contributed by atoms with van der Waals surface area (Å²) in [6.45, 7) is 14.1. The largest absolute Gasteiger partial charge is 0.377 e. The lowest BCUT2D eigenvalue weighted by Gasteiger charge is -2.66. The average Bonchev–Trinajstić information content (AvgIpc) is 2.53. The lowest BCUT2D eigenvalue weighted by Crippen LogP contribution is -2.82. The summed E-state index contributed by atoms with van der Waals surface area (Å²) in [4.78, 5) is 17.7. The molecule has 5 nitrogen and oxygen atoms in total. The van der Waals surface area contributed by atoms with Gasteiger partial charge in [0.15, 0.2) is 0 Å². The van der Waals surface area contributed by atoms with E-state index in [1.54, 1.807) is 0 Å². The van der Waals surface area contributed by atoms with Crippen molar-refractivity contribution in [3.8, 4) is 0 Å². The van der Waals surface area contributed by atoms with Gasteiger partial charge in [-0.1, -0.05) is 27.7 Å². The van der Waals surface area contributed by atoms with E-state index < -0.39 is 5.54 Å². The summed E-state index contributed by atoms with van der Waals surface area (Å²) in [5.41, 5.74) is 5.71. The molecule has 0 aromatic rings. The zero-order chi connectivity index (χ0) is 16.8. The van der Waals surface area contributed by atoms with Gasteiger partial charge in [-0.05, 0) is 18.8 Å². The van der Waals surface area contributed by atoms with E-state index in [1.165, 1.54) is 0 Å². The van der Waals surface area contributed by atoms with Crippen molar-refractivity contribution in [2.75, 3.05) is 39.3 Å². The Morgan fingerprint density at radius 1 is 1.26 bits per heavy atom. The second-order valence-corrected chi connectivity index (χ2v) is 8.62. The molecular weight excluding hydrogens is 290 g/mol. The highest BCUT2D eigenvalue weighted by Gasteiger charge is 2.70. The molecular formula is C18H33N3O2. The van der Waals surface area contributed by atoms with Crippen LogP contribution in [0, 0.1) is 17.3 Å². The third kappa shape index (κ3) is 2.61. The Morgan fingerprint density at radius 2 is 1.91 bits per heavy atom. The minimum atomic E-state index is -0.752. The first-order valence-electron chi connectivity index (χ1n) is 9.20. The molecule has 2 heterocycles. The summed E-state index contributed by atoms with van der Waals surface area (Å²) < 4.78 is 5.93. The van der Waals surface area contributed by atoms with Crippen molar-refractivity contribution < 1.29 is 9.53 Å². The molecule has 3 rings (SSSR count). The molecule has 2 N–H and O–H groups in total. The van der Waals surface area contributed by atoms with Crippen molar-refractivity contribution in [3.63, 3.8) is 0 Å². The molecule has 0 aromatic heterocycles. The summed E-state index contributed by atoms with van der Waals surface area (Å²) >= 11 is 0. The van der Waals surface area contributed by atoms with Gasteiger partial charge in [-0.15, -0.1) is 0 Å². The van der Waals surface area contributed by atoms with Crippen LogP contribution in [0.5, 0.6) is 0 Å². The Kier molecular flexibility index (Phi) is 4.49. The number of ether oxygens (including phenoxy) is 1. The van der Waals surface area contributed by atoms with Crippen LogP contribution in [0.2, 0.25) is 0 Å². The van der Waals surface area contributed by atoms with Gasteiger partial charge in [-0.3, -0.25) is 9.69 Å². The first-order valence-corrected chi connectivity index (χ1v) is 9.20. The zero-order valence-electron chi connectivity index (χ0n) is 15.2. The van der Waals surface area contributed by atoms with E-state index in [1.807, 2.05) is 4.90 Å². The normalized spacial score (nSPS) is 37.4. The number of hydrogen-bond acceptors (Lipinski definition) is 4. The van der Waals surface area contributed by atoms with Crippen LogP contribution in [0.4, 0.5) is 0 Å². The summed E-state index contributed by atoms with van der Waals surface area (Å²) in [6, 6.07) is 0. The molecule has 2 aliphatic heterocycles. The summed E-state index contributed by atoms with van der Waals surface area (Å²) in [6.07, 6.45) is 2.18. The number of carbonyl (C=O) groups excluding carboxylic acids is 1. The Labute approximate surface area is 140 Å². The number of amides is 1. The number of rotatable bonds is 3. The van der Waals surface area contributed by atoms with Gasteiger partial charge in [0.1, 0.15) is 5.54 Å². The average molecular weight is 323 g/mol. The van der Waals surface area contributed by atoms with E-state index >= 15 is 0 Å². The van der Waals surface area contributed by atoms with Crippen LogP contribution < -0.4 is 5.73 Å². The molecule has 3 unspecified atom stereocenters. The molecule has 3 atom stereocenters. The summed E-state index contributed by atoms with van der Waals surface area (Å²) in [7, 11) is 0. The van der Waals surface area contributed by atoms with Crippen molar-refractivity contribution in [1.29, 1.82) is 0 Å². The molecule has 1 saturated carbocycles. The van der Waals surface area contributed by atoms with E-state index in [0.29, 0.717) is 5.92 Å². The molecule has 5 heteroatoms. The third-order valence-corrected chi connectivity index (χ3v) is 6.32. The van der Waals surface area contributed by atoms with Crippen LogP contribution >= 0.6 is 0 Å². The summed E-state index contributed by atoms with van der Waals surface area (Å²) in [5, 5.41) is 0. The molecule has 2 saturated heterocycles. The maximum absolute atomic E-state index is 13.2. The van der Waals surface area contributed by atoms with Crippen LogP contribution in [0.15, 0.2) is 0 Å². The highest BCUT2D eigenvalue weighted by Crippen LogP contribution is 2.57. The fourth-order valence-corrected chi connectivity index (χ4v) is 4.92. The fraction of sp³-hybridized carbons (Fsp3) is 0.944. The Balaban J connectivity index is 1.66. The fourth-order valence-electron chi connectivity index (χ4n) is 4.92. The Morgan fingerprint density at radius 3 is 2.52 bits per heavy atom. The van der Waals surface area contributed by atoms with Crippen molar-refractivity contribution >= 4 is 5.91 Å². The van der Waals surface area contributed by atoms with Gasteiger partial charge in [0.2, 0.25) is 5.91 Å². The molecule has 1 aliphatic carbocycles. The molecule has 132 valence electrons. The highest BCUT2D eigenvalue weighted by molar-refractivity contribution is 5.89. The van der Waals surface area contributed by atoms with E-state index in [0.717, 1.165) is 52.2 Å². The van der Waals surface area contributed by atoms with Crippen LogP contribution in [-0.2, 0) is 9.53 Å². The van der Waals surface area contributed by atoms with Gasteiger partial charge in [-0.25, -0.2) is 0 Å². The zero-order valence-corrected chi connectivity index (χ0v) is 15.2. The number of carbonyl (C=O) groups is 1. The smallest absolute Gasteiger partial charge is 0.243 e. The second kappa shape index (κ2) is 6.01. The first-order chi connectivity index (χ1) is 10.8. The minimum absolute atomic E-state index is 0.146. The number of nitrogens with two attached hydrogens (primary N) is 1. The van der Waals surface area contributed by atoms with Crippen LogP contribution in [0.25, 0.3) is 0 Å². The molecule has 0 spiro atoms. The number of nitrogens with zero attached hydrogens (tertiary/aromatic N) is 2. The van der Waals surface area contributed by atoms with Gasteiger partial charge < -0.3 is 15.4 Å².